The quantitative estimate of drug-likeness (QED) is 0.400. The minimum atomic E-state index is -0.281. The predicted molar refractivity (Wildman–Crippen MR) is 42.8 cm³/mol. The Bertz CT molecular complexity index is 185. The molecule has 2 fully saturated rings. The second-order valence-corrected chi connectivity index (χ2v) is 3.51. The predicted octanol–water partition coefficient (Wildman–Crippen LogP) is 0.735. The van der Waals surface area contributed by atoms with E-state index in [4.69, 9.17) is 11.6 Å². The van der Waals surface area contributed by atoms with Gasteiger partial charge in [-0.2, -0.15) is 0 Å². The number of carbonyl (C=O) groups excluding carboxylic acids is 1. The van der Waals surface area contributed by atoms with Crippen LogP contribution in [0.4, 0.5) is 4.79 Å². The van der Waals surface area contributed by atoms with Gasteiger partial charge in [-0.3, -0.25) is 9.69 Å². The zero-order valence-electron chi connectivity index (χ0n) is 6.29. The summed E-state index contributed by atoms with van der Waals surface area (Å²) in [4.78, 5) is 15.0. The van der Waals surface area contributed by atoms with E-state index in [0.29, 0.717) is 6.04 Å². The van der Waals surface area contributed by atoms with Gasteiger partial charge in [-0.25, -0.2) is 0 Å². The second-order valence-electron chi connectivity index (χ2n) is 3.19. The maximum Gasteiger partial charge on any atom is 0.316 e. The van der Waals surface area contributed by atoms with Crippen molar-refractivity contribution in [3.05, 3.63) is 0 Å². The first kappa shape index (κ1) is 7.37. The van der Waals surface area contributed by atoms with Crippen LogP contribution < -0.4 is 0 Å². The van der Waals surface area contributed by atoms with Crippen molar-refractivity contribution < 1.29 is 4.79 Å². The molecule has 1 amide bonds. The largest absolute Gasteiger partial charge is 0.324 e. The highest BCUT2D eigenvalue weighted by Crippen LogP contribution is 2.21. The molecule has 0 aromatic heterocycles. The number of piperazine rings is 1. The van der Waals surface area contributed by atoms with Gasteiger partial charge in [-0.05, 0) is 18.0 Å². The molecule has 0 aliphatic carbocycles. The molecule has 2 unspecified atom stereocenters. The Morgan fingerprint density at radius 3 is 2.91 bits per heavy atom. The summed E-state index contributed by atoms with van der Waals surface area (Å²) in [6, 6.07) is 0.397. The normalized spacial score (nSPS) is 35.9. The number of carbonyl (C=O) groups is 1. The lowest BCUT2D eigenvalue weighted by Crippen LogP contribution is -2.47. The van der Waals surface area contributed by atoms with Crippen molar-refractivity contribution in [1.29, 1.82) is 0 Å². The van der Waals surface area contributed by atoms with E-state index in [9.17, 15) is 4.79 Å². The molecule has 0 N–H and O–H groups in total. The summed E-state index contributed by atoms with van der Waals surface area (Å²) in [7, 11) is 0. The van der Waals surface area contributed by atoms with Crippen molar-refractivity contribution in [3.8, 4) is 0 Å². The Hall–Kier alpha value is -0.280. The Kier molecular flexibility index (Phi) is 1.77. The number of rotatable bonds is 0. The van der Waals surface area contributed by atoms with Crippen LogP contribution in [0.25, 0.3) is 0 Å². The SMILES string of the molecule is O=C(Cl)N1CCN2CCC1C2. The van der Waals surface area contributed by atoms with Crippen LogP contribution in [0, 0.1) is 0 Å². The van der Waals surface area contributed by atoms with E-state index in [1.807, 2.05) is 0 Å². The lowest BCUT2D eigenvalue weighted by atomic mass is 10.2. The zero-order valence-corrected chi connectivity index (χ0v) is 7.05. The molecule has 2 aliphatic heterocycles. The van der Waals surface area contributed by atoms with E-state index in [1.54, 1.807) is 4.90 Å². The molecular weight excluding hydrogens is 164 g/mol. The van der Waals surface area contributed by atoms with Crippen molar-refractivity contribution >= 4 is 17.0 Å². The summed E-state index contributed by atoms with van der Waals surface area (Å²) in [6.45, 7) is 3.96. The minimum Gasteiger partial charge on any atom is -0.324 e. The first-order valence-electron chi connectivity index (χ1n) is 3.96. The minimum absolute atomic E-state index is 0.281. The van der Waals surface area contributed by atoms with Gasteiger partial charge >= 0.3 is 5.37 Å². The first-order chi connectivity index (χ1) is 5.27. The molecule has 4 heteroatoms. The lowest BCUT2D eigenvalue weighted by molar-refractivity contribution is 0.160. The summed E-state index contributed by atoms with van der Waals surface area (Å²) in [5, 5.41) is -0.281. The average molecular weight is 175 g/mol. The Balaban J connectivity index is 2.07. The standard InChI is InChI=1S/C7H11ClN2O/c8-7(11)10-4-3-9-2-1-6(10)5-9/h6H,1-5H2. The summed E-state index contributed by atoms with van der Waals surface area (Å²) < 4.78 is 0. The van der Waals surface area contributed by atoms with Gasteiger partial charge in [0, 0.05) is 32.2 Å². The second kappa shape index (κ2) is 2.64. The van der Waals surface area contributed by atoms with Gasteiger partial charge in [-0.15, -0.1) is 0 Å². The highest BCUT2D eigenvalue weighted by molar-refractivity contribution is 6.62. The number of fused-ring (bicyclic) bond motifs is 2. The molecule has 2 bridgehead atoms. The number of halogens is 1. The van der Waals surface area contributed by atoms with Crippen LogP contribution in [0.3, 0.4) is 0 Å². The summed E-state index contributed by atoms with van der Waals surface area (Å²) in [5.41, 5.74) is 0. The topological polar surface area (TPSA) is 23.6 Å². The van der Waals surface area contributed by atoms with Gasteiger partial charge in [-0.1, -0.05) is 0 Å². The molecule has 2 heterocycles. The maximum atomic E-state index is 10.9. The van der Waals surface area contributed by atoms with Gasteiger partial charge in [0.2, 0.25) is 0 Å². The summed E-state index contributed by atoms with van der Waals surface area (Å²) >= 11 is 5.42. The highest BCUT2D eigenvalue weighted by Gasteiger charge is 2.34. The van der Waals surface area contributed by atoms with Crippen LogP contribution in [0.15, 0.2) is 0 Å². The molecular formula is C7H11ClN2O. The van der Waals surface area contributed by atoms with E-state index >= 15 is 0 Å². The van der Waals surface area contributed by atoms with Crippen molar-refractivity contribution in [3.63, 3.8) is 0 Å². The van der Waals surface area contributed by atoms with Crippen molar-refractivity contribution in [2.24, 2.45) is 0 Å². The van der Waals surface area contributed by atoms with Gasteiger partial charge in [0.25, 0.3) is 0 Å². The molecule has 0 aromatic carbocycles. The first-order valence-corrected chi connectivity index (χ1v) is 4.33. The number of nitrogens with zero attached hydrogens (tertiary/aromatic N) is 2. The highest BCUT2D eigenvalue weighted by atomic mass is 35.5. The molecule has 2 aliphatic rings. The molecule has 0 radical (unpaired) electrons. The van der Waals surface area contributed by atoms with E-state index in [-0.39, 0.29) is 5.37 Å². The number of hydrogen-bond donors (Lipinski definition) is 0. The fourth-order valence-electron chi connectivity index (χ4n) is 1.93. The van der Waals surface area contributed by atoms with E-state index < -0.39 is 0 Å². The fourth-order valence-corrected chi connectivity index (χ4v) is 2.16. The fraction of sp³-hybridized carbons (Fsp3) is 0.857. The molecule has 0 saturated carbocycles. The van der Waals surface area contributed by atoms with Gasteiger partial charge in [0.15, 0.2) is 0 Å². The molecule has 2 atom stereocenters. The molecule has 2 saturated heterocycles. The van der Waals surface area contributed by atoms with Gasteiger partial charge in [0.1, 0.15) is 0 Å². The van der Waals surface area contributed by atoms with E-state index in [1.165, 1.54) is 0 Å². The van der Waals surface area contributed by atoms with Crippen LogP contribution in [-0.4, -0.2) is 47.4 Å². The van der Waals surface area contributed by atoms with Gasteiger partial charge in [0.05, 0.1) is 0 Å². The summed E-state index contributed by atoms with van der Waals surface area (Å²) in [6.07, 6.45) is 1.10. The molecule has 2 rings (SSSR count). The Morgan fingerprint density at radius 1 is 1.36 bits per heavy atom. The third kappa shape index (κ3) is 1.23. The van der Waals surface area contributed by atoms with Crippen LogP contribution in [0.2, 0.25) is 0 Å². The Morgan fingerprint density at radius 2 is 2.18 bits per heavy atom. The smallest absolute Gasteiger partial charge is 0.316 e. The van der Waals surface area contributed by atoms with Crippen molar-refractivity contribution in [2.45, 2.75) is 12.5 Å². The average Bonchev–Trinajstić information content (AvgIpc) is 2.32. The van der Waals surface area contributed by atoms with Gasteiger partial charge < -0.3 is 4.90 Å². The maximum absolute atomic E-state index is 10.9. The molecule has 0 spiro atoms. The van der Waals surface area contributed by atoms with E-state index in [2.05, 4.69) is 4.90 Å². The summed E-state index contributed by atoms with van der Waals surface area (Å²) in [5.74, 6) is 0. The molecule has 0 aromatic rings. The number of amides is 1. The molecule has 11 heavy (non-hydrogen) atoms. The zero-order chi connectivity index (χ0) is 7.84. The lowest BCUT2D eigenvalue weighted by Gasteiger charge is -2.32. The third-order valence-corrected chi connectivity index (χ3v) is 2.79. The van der Waals surface area contributed by atoms with Crippen LogP contribution in [-0.2, 0) is 0 Å². The molecule has 3 nitrogen and oxygen atoms in total. The van der Waals surface area contributed by atoms with Crippen LogP contribution >= 0.6 is 11.6 Å². The van der Waals surface area contributed by atoms with Crippen LogP contribution in [0.5, 0.6) is 0 Å². The number of hydrogen-bond acceptors (Lipinski definition) is 2. The van der Waals surface area contributed by atoms with Crippen molar-refractivity contribution in [2.75, 3.05) is 26.2 Å². The van der Waals surface area contributed by atoms with E-state index in [0.717, 1.165) is 32.6 Å². The van der Waals surface area contributed by atoms with Crippen LogP contribution in [0.1, 0.15) is 6.42 Å². The van der Waals surface area contributed by atoms with Crippen molar-refractivity contribution in [1.82, 2.24) is 9.80 Å². The Labute approximate surface area is 70.9 Å². The third-order valence-electron chi connectivity index (χ3n) is 2.57. The molecule has 62 valence electrons. The monoisotopic (exact) mass is 174 g/mol.